The van der Waals surface area contributed by atoms with Gasteiger partial charge >= 0.3 is 6.03 Å². The predicted molar refractivity (Wildman–Crippen MR) is 92.1 cm³/mol. The molecule has 1 unspecified atom stereocenters. The van der Waals surface area contributed by atoms with Gasteiger partial charge in [0.1, 0.15) is 0 Å². The van der Waals surface area contributed by atoms with Gasteiger partial charge in [-0.05, 0) is 44.9 Å². The zero-order valence-electron chi connectivity index (χ0n) is 14.5. The highest BCUT2D eigenvalue weighted by atomic mass is 16.3. The van der Waals surface area contributed by atoms with Crippen LogP contribution in [0.2, 0.25) is 0 Å². The third-order valence-corrected chi connectivity index (χ3v) is 4.70. The Hall–Kier alpha value is -1.59. The second-order valence-electron chi connectivity index (χ2n) is 6.61. The van der Waals surface area contributed by atoms with Crippen LogP contribution in [0.15, 0.2) is 24.3 Å². The summed E-state index contributed by atoms with van der Waals surface area (Å²) in [6, 6.07) is 8.60. The summed E-state index contributed by atoms with van der Waals surface area (Å²) in [6.45, 7) is 6.51. The molecule has 1 fully saturated rings. The van der Waals surface area contributed by atoms with Gasteiger partial charge in [0.2, 0.25) is 0 Å². The summed E-state index contributed by atoms with van der Waals surface area (Å²) >= 11 is 0. The van der Waals surface area contributed by atoms with Crippen molar-refractivity contribution in [1.29, 1.82) is 0 Å². The van der Waals surface area contributed by atoms with Crippen molar-refractivity contribution in [1.82, 2.24) is 15.1 Å². The standard InChI is InChI=1S/C18H29N3O2/c1-14(2)20(3)12-16-8-5-4-7-15(16)11-19-18(23)21-10-6-9-17(21)13-22/h4-5,7-8,14,17,22H,6,9-13H2,1-3H3,(H,19,23). The molecule has 23 heavy (non-hydrogen) atoms. The SMILES string of the molecule is CC(C)N(C)Cc1ccccc1CNC(=O)N1CCCC1CO. The highest BCUT2D eigenvalue weighted by Crippen LogP contribution is 2.17. The van der Waals surface area contributed by atoms with Crippen LogP contribution in [0.4, 0.5) is 4.79 Å². The molecule has 1 aromatic rings. The first-order valence-corrected chi connectivity index (χ1v) is 8.45. The summed E-state index contributed by atoms with van der Waals surface area (Å²) in [5.74, 6) is 0. The van der Waals surface area contributed by atoms with E-state index in [4.69, 9.17) is 0 Å². The Bertz CT molecular complexity index is 519. The lowest BCUT2D eigenvalue weighted by Crippen LogP contribution is -2.44. The van der Waals surface area contributed by atoms with Gasteiger partial charge in [-0.3, -0.25) is 4.90 Å². The highest BCUT2D eigenvalue weighted by molar-refractivity contribution is 5.74. The van der Waals surface area contributed by atoms with E-state index in [1.54, 1.807) is 4.90 Å². The fourth-order valence-corrected chi connectivity index (χ4v) is 2.90. The second kappa shape index (κ2) is 8.31. The maximum atomic E-state index is 12.3. The largest absolute Gasteiger partial charge is 0.394 e. The summed E-state index contributed by atoms with van der Waals surface area (Å²) in [5.41, 5.74) is 2.39. The van der Waals surface area contributed by atoms with Gasteiger partial charge in [-0.25, -0.2) is 4.79 Å². The van der Waals surface area contributed by atoms with E-state index in [-0.39, 0.29) is 18.7 Å². The number of nitrogens with one attached hydrogen (secondary N) is 1. The minimum atomic E-state index is -0.0754. The van der Waals surface area contributed by atoms with E-state index in [1.165, 1.54) is 5.56 Å². The maximum Gasteiger partial charge on any atom is 0.317 e. The molecule has 0 aliphatic carbocycles. The van der Waals surface area contributed by atoms with Crippen LogP contribution >= 0.6 is 0 Å². The van der Waals surface area contributed by atoms with Crippen LogP contribution in [0.25, 0.3) is 0 Å². The van der Waals surface area contributed by atoms with Gasteiger partial charge in [0.05, 0.1) is 12.6 Å². The maximum absolute atomic E-state index is 12.3. The van der Waals surface area contributed by atoms with Crippen LogP contribution in [0.1, 0.15) is 37.8 Å². The number of hydrogen-bond acceptors (Lipinski definition) is 3. The summed E-state index contributed by atoms with van der Waals surface area (Å²) < 4.78 is 0. The number of nitrogens with zero attached hydrogens (tertiary/aromatic N) is 2. The van der Waals surface area contributed by atoms with E-state index in [9.17, 15) is 9.90 Å². The molecule has 0 aromatic heterocycles. The Balaban J connectivity index is 1.96. The highest BCUT2D eigenvalue weighted by Gasteiger charge is 2.27. The normalized spacial score (nSPS) is 18.0. The number of hydrogen-bond donors (Lipinski definition) is 2. The second-order valence-corrected chi connectivity index (χ2v) is 6.61. The Morgan fingerprint density at radius 1 is 1.39 bits per heavy atom. The number of likely N-dealkylation sites (tertiary alicyclic amines) is 1. The van der Waals surface area contributed by atoms with Crippen LogP contribution in [0.5, 0.6) is 0 Å². The first-order chi connectivity index (χ1) is 11.0. The molecule has 1 heterocycles. The number of carbonyl (C=O) groups is 1. The van der Waals surface area contributed by atoms with E-state index >= 15 is 0 Å². The van der Waals surface area contributed by atoms with Crippen LogP contribution in [-0.2, 0) is 13.1 Å². The van der Waals surface area contributed by atoms with Crippen molar-refractivity contribution >= 4 is 6.03 Å². The van der Waals surface area contributed by atoms with Gasteiger partial charge < -0.3 is 15.3 Å². The van der Waals surface area contributed by atoms with E-state index in [1.807, 2.05) is 12.1 Å². The number of benzene rings is 1. The third-order valence-electron chi connectivity index (χ3n) is 4.70. The molecule has 1 aliphatic heterocycles. The topological polar surface area (TPSA) is 55.8 Å². The lowest BCUT2D eigenvalue weighted by atomic mass is 10.1. The molecule has 0 bridgehead atoms. The van der Waals surface area contributed by atoms with Gasteiger partial charge in [0.25, 0.3) is 0 Å². The average Bonchev–Trinajstić information content (AvgIpc) is 3.02. The molecule has 128 valence electrons. The van der Waals surface area contributed by atoms with Gasteiger partial charge in [0.15, 0.2) is 0 Å². The number of aliphatic hydroxyl groups excluding tert-OH is 1. The summed E-state index contributed by atoms with van der Waals surface area (Å²) in [5, 5.41) is 12.3. The minimum absolute atomic E-state index is 0.0303. The van der Waals surface area contributed by atoms with Crippen molar-refractivity contribution in [2.45, 2.75) is 51.9 Å². The molecule has 0 spiro atoms. The number of rotatable bonds is 6. The van der Waals surface area contributed by atoms with E-state index in [0.717, 1.165) is 31.5 Å². The minimum Gasteiger partial charge on any atom is -0.394 e. The summed E-state index contributed by atoms with van der Waals surface area (Å²) in [6.07, 6.45) is 1.86. The molecule has 1 atom stereocenters. The molecule has 2 rings (SSSR count). The lowest BCUT2D eigenvalue weighted by Gasteiger charge is -2.25. The zero-order chi connectivity index (χ0) is 16.8. The Morgan fingerprint density at radius 2 is 2.09 bits per heavy atom. The molecule has 0 radical (unpaired) electrons. The van der Waals surface area contributed by atoms with Crippen LogP contribution in [-0.4, -0.2) is 53.2 Å². The van der Waals surface area contributed by atoms with E-state index in [0.29, 0.717) is 12.6 Å². The smallest absolute Gasteiger partial charge is 0.317 e. The average molecular weight is 319 g/mol. The third kappa shape index (κ3) is 4.69. The van der Waals surface area contributed by atoms with Gasteiger partial charge in [-0.15, -0.1) is 0 Å². The van der Waals surface area contributed by atoms with Crippen LogP contribution in [0.3, 0.4) is 0 Å². The van der Waals surface area contributed by atoms with Crippen molar-refractivity contribution in [2.75, 3.05) is 20.2 Å². The first-order valence-electron chi connectivity index (χ1n) is 8.45. The van der Waals surface area contributed by atoms with Crippen LogP contribution in [0, 0.1) is 0 Å². The van der Waals surface area contributed by atoms with Gasteiger partial charge in [-0.2, -0.15) is 0 Å². The molecule has 1 aliphatic rings. The van der Waals surface area contributed by atoms with Gasteiger partial charge in [-0.1, -0.05) is 24.3 Å². The van der Waals surface area contributed by atoms with Crippen molar-refractivity contribution in [3.05, 3.63) is 35.4 Å². The molecule has 0 saturated carbocycles. The number of aliphatic hydroxyl groups is 1. The Labute approximate surface area is 139 Å². The molecule has 5 heteroatoms. The molecule has 1 saturated heterocycles. The summed E-state index contributed by atoms with van der Waals surface area (Å²) in [4.78, 5) is 16.4. The predicted octanol–water partition coefficient (Wildman–Crippen LogP) is 2.19. The molecule has 5 nitrogen and oxygen atoms in total. The monoisotopic (exact) mass is 319 g/mol. The van der Waals surface area contributed by atoms with Crippen molar-refractivity contribution in [3.63, 3.8) is 0 Å². The first kappa shape index (κ1) is 17.8. The molecule has 2 amide bonds. The van der Waals surface area contributed by atoms with Gasteiger partial charge in [0, 0.05) is 25.7 Å². The van der Waals surface area contributed by atoms with E-state index in [2.05, 4.69) is 43.2 Å². The van der Waals surface area contributed by atoms with E-state index < -0.39 is 0 Å². The fraction of sp³-hybridized carbons (Fsp3) is 0.611. The fourth-order valence-electron chi connectivity index (χ4n) is 2.90. The van der Waals surface area contributed by atoms with Crippen molar-refractivity contribution < 1.29 is 9.90 Å². The number of amides is 2. The van der Waals surface area contributed by atoms with Crippen molar-refractivity contribution in [2.24, 2.45) is 0 Å². The quantitative estimate of drug-likeness (QED) is 0.845. The lowest BCUT2D eigenvalue weighted by molar-refractivity contribution is 0.157. The number of carbonyl (C=O) groups excluding carboxylic acids is 1. The van der Waals surface area contributed by atoms with Crippen LogP contribution < -0.4 is 5.32 Å². The molecular formula is C18H29N3O2. The Morgan fingerprint density at radius 3 is 2.74 bits per heavy atom. The number of urea groups is 1. The molecular weight excluding hydrogens is 290 g/mol. The Kier molecular flexibility index (Phi) is 6.42. The zero-order valence-corrected chi connectivity index (χ0v) is 14.5. The molecule has 1 aromatic carbocycles. The summed E-state index contributed by atoms with van der Waals surface area (Å²) in [7, 11) is 2.11. The molecule has 2 N–H and O–H groups in total. The van der Waals surface area contributed by atoms with Crippen molar-refractivity contribution in [3.8, 4) is 0 Å².